The van der Waals surface area contributed by atoms with Gasteiger partial charge in [-0.05, 0) is 6.42 Å². The number of hydrogen-bond donors (Lipinski definition) is 5. The van der Waals surface area contributed by atoms with Crippen LogP contribution in [0, 0.1) is 5.41 Å². The molecule has 7 rings (SSSR count). The van der Waals surface area contributed by atoms with E-state index < -0.39 is 62.7 Å². The first-order valence-corrected chi connectivity index (χ1v) is 17.3. The molecule has 9 atom stereocenters. The van der Waals surface area contributed by atoms with Gasteiger partial charge in [-0.15, -0.1) is 0 Å². The molecule has 236 valence electrons. The van der Waals surface area contributed by atoms with Crippen LogP contribution in [0.25, 0.3) is 22.3 Å². The third kappa shape index (κ3) is 5.13. The van der Waals surface area contributed by atoms with E-state index in [1.165, 1.54) is 23.5 Å². The van der Waals surface area contributed by atoms with Gasteiger partial charge in [-0.2, -0.15) is 4.98 Å². The number of aliphatic hydroxyl groups excluding tert-OH is 1. The fraction of sp³-hybridized carbons (Fsp3) is 0.545. The fourth-order valence-corrected chi connectivity index (χ4v) is 8.63. The molecular weight excluding hydrogens is 642 g/mol. The molecule has 0 aromatic carbocycles. The highest BCUT2D eigenvalue weighted by atomic mass is 32.7. The predicted molar refractivity (Wildman–Crippen MR) is 156 cm³/mol. The highest BCUT2D eigenvalue weighted by molar-refractivity contribution is 8.44. The third-order valence-corrected chi connectivity index (χ3v) is 10.6. The highest BCUT2D eigenvalue weighted by Gasteiger charge is 2.55. The number of aromatic nitrogens is 8. The van der Waals surface area contributed by atoms with Crippen molar-refractivity contribution in [1.29, 1.82) is 0 Å². The van der Waals surface area contributed by atoms with Gasteiger partial charge in [0.25, 0.3) is 5.56 Å². The molecule has 44 heavy (non-hydrogen) atoms. The molecule has 1 aliphatic carbocycles. The van der Waals surface area contributed by atoms with E-state index in [2.05, 4.69) is 42.2 Å². The maximum absolute atomic E-state index is 13.5. The van der Waals surface area contributed by atoms with Crippen molar-refractivity contribution in [3.05, 3.63) is 29.3 Å². The number of hydrogen-bond acceptors (Lipinski definition) is 16. The Morgan fingerprint density at radius 1 is 1.18 bits per heavy atom. The second-order valence-electron chi connectivity index (χ2n) is 11.1. The summed E-state index contributed by atoms with van der Waals surface area (Å²) in [6, 6.07) is -0.682. The van der Waals surface area contributed by atoms with Crippen LogP contribution in [-0.2, 0) is 32.0 Å². The Balaban J connectivity index is 1.19. The van der Waals surface area contributed by atoms with E-state index in [4.69, 9.17) is 34.3 Å². The van der Waals surface area contributed by atoms with Crippen molar-refractivity contribution < 1.29 is 37.1 Å². The monoisotopic (exact) mass is 670 g/mol. The van der Waals surface area contributed by atoms with Crippen molar-refractivity contribution in [3.63, 3.8) is 0 Å². The van der Waals surface area contributed by atoms with Crippen molar-refractivity contribution in [2.75, 3.05) is 24.7 Å². The first-order valence-electron chi connectivity index (χ1n) is 13.4. The smallest absolute Gasteiger partial charge is 0.386 e. The van der Waals surface area contributed by atoms with E-state index in [0.717, 1.165) is 0 Å². The highest BCUT2D eigenvalue weighted by Crippen LogP contribution is 2.60. The lowest BCUT2D eigenvalue weighted by molar-refractivity contribution is -0.0560. The Labute approximate surface area is 253 Å². The second-order valence-corrected chi connectivity index (χ2v) is 15.0. The van der Waals surface area contributed by atoms with Crippen LogP contribution < -0.4 is 17.0 Å². The van der Waals surface area contributed by atoms with Crippen molar-refractivity contribution in [2.24, 2.45) is 5.41 Å². The number of imidazole rings is 2. The maximum Gasteiger partial charge on any atom is 0.386 e. The van der Waals surface area contributed by atoms with Gasteiger partial charge in [0.05, 0.1) is 38.0 Å². The van der Waals surface area contributed by atoms with Gasteiger partial charge in [0.1, 0.15) is 30.2 Å². The summed E-state index contributed by atoms with van der Waals surface area (Å²) in [5.41, 5.74) is 10.9. The molecule has 0 spiro atoms. The Hall–Kier alpha value is -2.93. The second kappa shape index (κ2) is 10.9. The van der Waals surface area contributed by atoms with Crippen LogP contribution in [0.1, 0.15) is 32.0 Å². The molecular formula is C22H28N10O9P2S. The number of thiol groups is 1. The van der Waals surface area contributed by atoms with E-state index in [0.29, 0.717) is 11.2 Å². The number of anilines is 2. The summed E-state index contributed by atoms with van der Waals surface area (Å²) in [5.74, 6) is 0.0368. The van der Waals surface area contributed by atoms with Crippen molar-refractivity contribution >= 4 is 61.4 Å². The largest absolute Gasteiger partial charge is 0.388 e. The quantitative estimate of drug-likeness (QED) is 0.147. The summed E-state index contributed by atoms with van der Waals surface area (Å²) in [6.07, 6.45) is -0.546. The summed E-state index contributed by atoms with van der Waals surface area (Å²) in [5, 5.41) is 11.5. The van der Waals surface area contributed by atoms with Crippen LogP contribution >= 0.6 is 27.3 Å². The number of nitrogens with zero attached hydrogens (tertiary/aromatic N) is 7. The summed E-state index contributed by atoms with van der Waals surface area (Å²) >= 11 is 4.19. The Bertz CT molecular complexity index is 1890. The van der Waals surface area contributed by atoms with E-state index in [1.807, 2.05) is 0 Å². The van der Waals surface area contributed by atoms with Crippen LogP contribution in [0.5, 0.6) is 0 Å². The van der Waals surface area contributed by atoms with Gasteiger partial charge >= 0.3 is 15.1 Å². The molecule has 19 nitrogen and oxygen atoms in total. The average Bonchev–Trinajstić information content (AvgIpc) is 3.73. The molecule has 2 bridgehead atoms. The minimum absolute atomic E-state index is 0.0148. The van der Waals surface area contributed by atoms with Crippen LogP contribution in [-0.4, -0.2) is 81.8 Å². The number of nitrogens with one attached hydrogen (secondary N) is 1. The van der Waals surface area contributed by atoms with E-state index in [9.17, 15) is 19.0 Å². The number of fused-ring (bicyclic) bond motifs is 5. The molecule has 3 aliphatic rings. The van der Waals surface area contributed by atoms with Gasteiger partial charge in [-0.25, -0.2) is 24.5 Å². The molecule has 6 heterocycles. The van der Waals surface area contributed by atoms with Crippen LogP contribution in [0.3, 0.4) is 0 Å². The molecule has 4 aromatic heterocycles. The zero-order valence-corrected chi connectivity index (χ0v) is 25.7. The molecule has 0 radical (unpaired) electrons. The zero-order chi connectivity index (χ0) is 31.0. The van der Waals surface area contributed by atoms with Gasteiger partial charge in [-0.1, -0.05) is 19.2 Å². The summed E-state index contributed by atoms with van der Waals surface area (Å²) in [7, 11) is -3.19. The molecule has 3 fully saturated rings. The molecule has 6 N–H and O–H groups in total. The maximum atomic E-state index is 13.5. The lowest BCUT2D eigenvalue weighted by Gasteiger charge is -2.33. The number of aromatic amines is 1. The first-order chi connectivity index (χ1) is 20.9. The molecule has 2 aliphatic heterocycles. The van der Waals surface area contributed by atoms with Crippen LogP contribution in [0.4, 0.5) is 11.8 Å². The minimum Gasteiger partial charge on any atom is -0.388 e. The van der Waals surface area contributed by atoms with Gasteiger partial charge in [0.15, 0.2) is 28.9 Å². The minimum atomic E-state index is -4.12. The number of nitrogen functional groups attached to an aromatic ring is 2. The fourth-order valence-electron chi connectivity index (χ4n) is 6.07. The van der Waals surface area contributed by atoms with Gasteiger partial charge < -0.3 is 34.9 Å². The van der Waals surface area contributed by atoms with E-state index in [-0.39, 0.29) is 49.0 Å². The van der Waals surface area contributed by atoms with Crippen molar-refractivity contribution in [3.8, 4) is 0 Å². The lowest BCUT2D eigenvalue weighted by atomic mass is 9.87. The van der Waals surface area contributed by atoms with E-state index >= 15 is 0 Å². The predicted octanol–water partition coefficient (Wildman–Crippen LogP) is 0.968. The SMILES string of the molecule is C[C@@]12CO[PH](=O)O[C@@H]3C[C@@H](COP(=O)(S)O[C@H]1[C@@H](O)[C@H](n1cnc4c(N)ncnc41)C2)O[C@H]3n1cnc2c(=O)[nH]c(N)nc21. The molecule has 4 aromatic rings. The van der Waals surface area contributed by atoms with E-state index in [1.54, 1.807) is 11.5 Å². The molecule has 22 heteroatoms. The van der Waals surface area contributed by atoms with Crippen molar-refractivity contribution in [1.82, 2.24) is 39.0 Å². The number of aliphatic hydroxyl groups is 1. The van der Waals surface area contributed by atoms with Crippen LogP contribution in [0.2, 0.25) is 0 Å². The first kappa shape index (κ1) is 29.8. The Kier molecular flexibility index (Phi) is 7.34. The number of rotatable bonds is 2. The topological polar surface area (TPSA) is 260 Å². The summed E-state index contributed by atoms with van der Waals surface area (Å²) in [4.78, 5) is 35.4. The molecule has 0 amide bonds. The summed E-state index contributed by atoms with van der Waals surface area (Å²) in [6.45, 7) is -2.86. The van der Waals surface area contributed by atoms with Gasteiger partial charge in [0.2, 0.25) is 5.95 Å². The average molecular weight is 671 g/mol. The molecule has 1 saturated carbocycles. The van der Waals surface area contributed by atoms with Gasteiger partial charge in [-0.3, -0.25) is 28.0 Å². The van der Waals surface area contributed by atoms with Crippen LogP contribution in [0.15, 0.2) is 23.8 Å². The lowest BCUT2D eigenvalue weighted by Crippen LogP contribution is -2.39. The molecule has 2 unspecified atom stereocenters. The number of ether oxygens (including phenoxy) is 1. The Morgan fingerprint density at radius 2 is 1.95 bits per heavy atom. The number of H-pyrrole nitrogens is 1. The van der Waals surface area contributed by atoms with Gasteiger partial charge in [0, 0.05) is 11.8 Å². The summed E-state index contributed by atoms with van der Waals surface area (Å²) < 4.78 is 59.0. The standard InChI is InChI=1S/C22H28N10O9P2S/c1-22-3-10(31-7-27-12-16(23)25-6-26-17(12)31)14(33)15(22)41-43(36,44)38-4-9-2-11(40-42(35)37-5-22)20(39-9)32-8-28-13-18(32)29-21(24)30-19(13)34/h6-11,14-15,20,33,42H,2-5H2,1H3,(H,36,44)(H2,23,25,26)(H3,24,29,30,34)/t9-,10+,11+,14-,15-,20+,22+,43?/m0/s1. The third-order valence-electron chi connectivity index (χ3n) is 8.12. The van der Waals surface area contributed by atoms with Crippen molar-refractivity contribution in [2.45, 2.75) is 56.5 Å². The Morgan fingerprint density at radius 3 is 2.77 bits per heavy atom. The number of nitrogens with two attached hydrogens (primary N) is 2. The molecule has 2 saturated heterocycles. The normalized spacial score (nSPS) is 36.6. The zero-order valence-electron chi connectivity index (χ0n) is 22.9.